The molecule has 3 atom stereocenters. The van der Waals surface area contributed by atoms with Gasteiger partial charge in [-0.25, -0.2) is 4.39 Å². The number of fused-ring (bicyclic) bond motifs is 2. The smallest absolute Gasteiger partial charge is 0.310 e. The first kappa shape index (κ1) is 27.5. The molecule has 11 heteroatoms. The summed E-state index contributed by atoms with van der Waals surface area (Å²) in [5, 5.41) is 15.1. The Morgan fingerprint density at radius 1 is 1.20 bits per heavy atom. The van der Waals surface area contributed by atoms with E-state index < -0.39 is 29.3 Å². The van der Waals surface area contributed by atoms with Crippen molar-refractivity contribution in [2.75, 3.05) is 13.1 Å². The maximum atomic E-state index is 14.3. The van der Waals surface area contributed by atoms with E-state index in [1.807, 2.05) is 0 Å². The topological polar surface area (TPSA) is 113 Å². The number of nitrogens with zero attached hydrogens (tertiary/aromatic N) is 3. The number of ether oxygens (including phenoxy) is 1. The number of hydrogen-bond acceptors (Lipinski definition) is 6. The molecule has 1 aliphatic carbocycles. The van der Waals surface area contributed by atoms with E-state index in [0.29, 0.717) is 72.6 Å². The molecule has 2 aromatic carbocycles. The minimum Gasteiger partial charge on any atom is -0.487 e. The van der Waals surface area contributed by atoms with Crippen LogP contribution in [0.3, 0.4) is 0 Å². The highest BCUT2D eigenvalue weighted by molar-refractivity contribution is 6.31. The molecule has 3 aliphatic rings. The molecule has 1 saturated heterocycles. The Morgan fingerprint density at radius 3 is 2.78 bits per heavy atom. The molecule has 9 nitrogen and oxygen atoms in total. The molecule has 3 aromatic rings. The van der Waals surface area contributed by atoms with Crippen LogP contribution in [0, 0.1) is 17.2 Å². The molecule has 1 saturated carbocycles. The van der Waals surface area contributed by atoms with Gasteiger partial charge in [-0.15, -0.1) is 0 Å². The lowest BCUT2D eigenvalue weighted by molar-refractivity contribution is -0.165. The maximum absolute atomic E-state index is 14.3. The van der Waals surface area contributed by atoms with Crippen LogP contribution in [-0.2, 0) is 27.4 Å². The van der Waals surface area contributed by atoms with Crippen LogP contribution >= 0.6 is 11.6 Å². The van der Waals surface area contributed by atoms with E-state index in [-0.39, 0.29) is 24.0 Å². The Bertz CT molecular complexity index is 1540. The Morgan fingerprint density at radius 2 is 2.02 bits per heavy atom. The zero-order valence-electron chi connectivity index (χ0n) is 22.7. The summed E-state index contributed by atoms with van der Waals surface area (Å²) in [7, 11) is 0. The number of para-hydroxylation sites is 1. The summed E-state index contributed by atoms with van der Waals surface area (Å²) in [6.07, 6.45) is 3.05. The molecule has 2 amide bonds. The molecule has 2 unspecified atom stereocenters. The average Bonchev–Trinajstić information content (AvgIpc) is 3.58. The number of benzene rings is 2. The van der Waals surface area contributed by atoms with E-state index >= 15 is 0 Å². The lowest BCUT2D eigenvalue weighted by Crippen LogP contribution is -2.54. The van der Waals surface area contributed by atoms with Gasteiger partial charge in [0.15, 0.2) is 5.82 Å². The predicted molar refractivity (Wildman–Crippen MR) is 147 cm³/mol. The minimum atomic E-state index is -1.19. The van der Waals surface area contributed by atoms with Crippen molar-refractivity contribution in [3.05, 3.63) is 58.0 Å². The first-order valence-corrected chi connectivity index (χ1v) is 14.4. The summed E-state index contributed by atoms with van der Waals surface area (Å²) in [6.45, 7) is 2.36. The van der Waals surface area contributed by atoms with Crippen molar-refractivity contribution >= 4 is 40.4 Å². The fraction of sp³-hybridized carbons (Fsp3) is 0.467. The van der Waals surface area contributed by atoms with Crippen LogP contribution in [0.25, 0.3) is 11.0 Å². The number of halogens is 2. The number of carboxylic acid groups (broad SMARTS) is 1. The Kier molecular flexibility index (Phi) is 7.13. The summed E-state index contributed by atoms with van der Waals surface area (Å²) in [5.41, 5.74) is 0.639. The Labute approximate surface area is 241 Å². The summed E-state index contributed by atoms with van der Waals surface area (Å²) in [5.74, 6) is -2.16. The van der Waals surface area contributed by atoms with Crippen molar-refractivity contribution < 1.29 is 33.1 Å². The van der Waals surface area contributed by atoms with Crippen molar-refractivity contribution in [2.24, 2.45) is 11.3 Å². The van der Waals surface area contributed by atoms with Crippen LogP contribution in [0.15, 0.2) is 34.9 Å². The van der Waals surface area contributed by atoms with E-state index in [2.05, 4.69) is 5.16 Å². The zero-order chi connectivity index (χ0) is 28.9. The van der Waals surface area contributed by atoms with Gasteiger partial charge in [-0.2, -0.15) is 0 Å². The van der Waals surface area contributed by atoms with Gasteiger partial charge in [0.25, 0.3) is 0 Å². The first-order chi connectivity index (χ1) is 19.7. The molecule has 0 spiro atoms. The summed E-state index contributed by atoms with van der Waals surface area (Å²) < 4.78 is 25.6. The van der Waals surface area contributed by atoms with Crippen LogP contribution in [0.4, 0.5) is 4.39 Å². The molecule has 0 bridgehead atoms. The van der Waals surface area contributed by atoms with Crippen LogP contribution in [0.1, 0.15) is 68.4 Å². The lowest BCUT2D eigenvalue weighted by Gasteiger charge is -2.46. The lowest BCUT2D eigenvalue weighted by atomic mass is 9.66. The van der Waals surface area contributed by atoms with Gasteiger partial charge in [0.2, 0.25) is 17.4 Å². The van der Waals surface area contributed by atoms with E-state index in [4.69, 9.17) is 20.9 Å². The quantitative estimate of drug-likeness (QED) is 0.408. The molecule has 216 valence electrons. The number of carbonyl (C=O) groups excluding carboxylic acids is 2. The van der Waals surface area contributed by atoms with Crippen LogP contribution in [-0.4, -0.2) is 50.9 Å². The molecule has 3 heterocycles. The molecule has 0 radical (unpaired) electrons. The number of aliphatic carboxylic acids is 1. The van der Waals surface area contributed by atoms with E-state index in [9.17, 15) is 23.9 Å². The van der Waals surface area contributed by atoms with Gasteiger partial charge in [-0.1, -0.05) is 35.7 Å². The van der Waals surface area contributed by atoms with Gasteiger partial charge in [0.05, 0.1) is 16.7 Å². The van der Waals surface area contributed by atoms with E-state index in [1.54, 1.807) is 41.0 Å². The second-order valence-corrected chi connectivity index (χ2v) is 11.7. The van der Waals surface area contributed by atoms with Crippen LogP contribution in [0.5, 0.6) is 5.75 Å². The van der Waals surface area contributed by atoms with Gasteiger partial charge >= 0.3 is 5.97 Å². The molecule has 6 rings (SSSR count). The van der Waals surface area contributed by atoms with Crippen molar-refractivity contribution in [1.29, 1.82) is 0 Å². The van der Waals surface area contributed by atoms with Crippen molar-refractivity contribution in [3.8, 4) is 5.75 Å². The summed E-state index contributed by atoms with van der Waals surface area (Å²) in [4.78, 5) is 43.1. The number of hydrogen-bond donors (Lipinski definition) is 1. The van der Waals surface area contributed by atoms with E-state index in [1.165, 1.54) is 6.07 Å². The highest BCUT2D eigenvalue weighted by atomic mass is 35.5. The standard InChI is InChI=1S/C30H31ClFN3O6/c1-30(29(38)39)13-3-2-7-19(30)28(37)35-15-12-17-20(31)10-11-23(25(17)27(35)34-14-5-9-24(34)36)40-16-22-18-6-4-8-21(32)26(18)41-33-22/h4,6,8,10-11,19,27H,2-3,5,7,9,12-16H2,1H3,(H,38,39)/t19?,27?,30-/m0/s1. The molecular weight excluding hydrogens is 553 g/mol. The number of carbonyl (C=O) groups is 3. The molecule has 2 fully saturated rings. The SMILES string of the molecule is C[C@]1(C(=O)O)CCCCC1C(=O)N1CCc2c(Cl)ccc(OCc3noc4c(F)cccc34)c2C1N1CCCC1=O. The highest BCUT2D eigenvalue weighted by Crippen LogP contribution is 2.47. The third-order valence-corrected chi connectivity index (χ3v) is 9.34. The van der Waals surface area contributed by atoms with Gasteiger partial charge < -0.3 is 24.2 Å². The fourth-order valence-electron chi connectivity index (χ4n) is 6.69. The second kappa shape index (κ2) is 10.6. The Balaban J connectivity index is 1.40. The second-order valence-electron chi connectivity index (χ2n) is 11.3. The summed E-state index contributed by atoms with van der Waals surface area (Å²) in [6, 6.07) is 7.98. The fourth-order valence-corrected chi connectivity index (χ4v) is 6.95. The summed E-state index contributed by atoms with van der Waals surface area (Å²) >= 11 is 6.67. The number of likely N-dealkylation sites (tertiary alicyclic amines) is 1. The molecule has 2 aliphatic heterocycles. The maximum Gasteiger partial charge on any atom is 0.310 e. The highest BCUT2D eigenvalue weighted by Gasteiger charge is 2.51. The van der Waals surface area contributed by atoms with Gasteiger partial charge in [-0.3, -0.25) is 14.4 Å². The van der Waals surface area contributed by atoms with Crippen LogP contribution < -0.4 is 4.74 Å². The van der Waals surface area contributed by atoms with Crippen LogP contribution in [0.2, 0.25) is 5.02 Å². The molecule has 1 N–H and O–H groups in total. The third kappa shape index (κ3) is 4.62. The Hall–Kier alpha value is -3.66. The van der Waals surface area contributed by atoms with Crippen molar-refractivity contribution in [3.63, 3.8) is 0 Å². The zero-order valence-corrected chi connectivity index (χ0v) is 23.5. The van der Waals surface area contributed by atoms with Gasteiger partial charge in [-0.05, 0) is 62.4 Å². The average molecular weight is 584 g/mol. The number of aromatic nitrogens is 1. The molecule has 1 aromatic heterocycles. The molecule has 41 heavy (non-hydrogen) atoms. The van der Waals surface area contributed by atoms with Crippen molar-refractivity contribution in [2.45, 2.75) is 64.6 Å². The number of rotatable bonds is 6. The van der Waals surface area contributed by atoms with Crippen molar-refractivity contribution in [1.82, 2.24) is 15.0 Å². The number of carboxylic acids is 1. The third-order valence-electron chi connectivity index (χ3n) is 8.99. The molecular formula is C30H31ClFN3O6. The minimum absolute atomic E-state index is 0.0375. The normalized spacial score (nSPS) is 24.5. The predicted octanol–water partition coefficient (Wildman–Crippen LogP) is 5.49. The van der Waals surface area contributed by atoms with E-state index in [0.717, 1.165) is 18.4 Å². The van der Waals surface area contributed by atoms with Gasteiger partial charge in [0.1, 0.15) is 24.2 Å². The largest absolute Gasteiger partial charge is 0.487 e. The first-order valence-electron chi connectivity index (χ1n) is 14.0. The monoisotopic (exact) mass is 583 g/mol. The van der Waals surface area contributed by atoms with Gasteiger partial charge in [0, 0.05) is 30.1 Å². The number of amides is 2.